The molecule has 0 amide bonds. The Bertz CT molecular complexity index is 801. The number of rotatable bonds is 16. The van der Waals surface area contributed by atoms with Crippen molar-refractivity contribution in [3.8, 4) is 0 Å². The van der Waals surface area contributed by atoms with Gasteiger partial charge in [-0.3, -0.25) is 0 Å². The highest BCUT2D eigenvalue weighted by Gasteiger charge is 2.15. The number of halogens is 2. The molecule has 0 nitrogen and oxygen atoms in total. The molecule has 0 fully saturated rings. The Balaban J connectivity index is 5.01. The predicted molar refractivity (Wildman–Crippen MR) is 149 cm³/mol. The predicted octanol–water partition coefficient (Wildman–Crippen LogP) is 11.0. The lowest BCUT2D eigenvalue weighted by atomic mass is 9.91. The van der Waals surface area contributed by atoms with Crippen LogP contribution in [0, 0.1) is 29.6 Å². The van der Waals surface area contributed by atoms with E-state index in [0.29, 0.717) is 35.0 Å². The van der Waals surface area contributed by atoms with Gasteiger partial charge in [0, 0.05) is 0 Å². The van der Waals surface area contributed by atoms with E-state index in [2.05, 4.69) is 60.9 Å². The number of hydrogen-bond acceptors (Lipinski definition) is 0. The van der Waals surface area contributed by atoms with Gasteiger partial charge in [0.05, 0.1) is 0 Å². The monoisotopic (exact) mass is 472 g/mol. The Morgan fingerprint density at radius 3 is 1.59 bits per heavy atom. The highest BCUT2D eigenvalue weighted by molar-refractivity contribution is 5.41. The highest BCUT2D eigenvalue weighted by atomic mass is 19.1. The molecule has 0 aliphatic carbocycles. The summed E-state index contributed by atoms with van der Waals surface area (Å²) < 4.78 is 29.5. The highest BCUT2D eigenvalue weighted by Crippen LogP contribution is 2.29. The third kappa shape index (κ3) is 12.5. The third-order valence-electron chi connectivity index (χ3n) is 6.69. The van der Waals surface area contributed by atoms with Gasteiger partial charge in [-0.25, -0.2) is 8.78 Å². The van der Waals surface area contributed by atoms with Crippen molar-refractivity contribution in [2.24, 2.45) is 29.6 Å². The second-order valence-corrected chi connectivity index (χ2v) is 10.9. The van der Waals surface area contributed by atoms with Crippen LogP contribution in [0.4, 0.5) is 8.78 Å². The van der Waals surface area contributed by atoms with Crippen molar-refractivity contribution in [2.45, 2.75) is 87.5 Å². The molecule has 192 valence electrons. The maximum Gasteiger partial charge on any atom is 0.126 e. The first-order valence-corrected chi connectivity index (χ1v) is 12.8. The lowest BCUT2D eigenvalue weighted by molar-refractivity contribution is 0.478. The fourth-order valence-electron chi connectivity index (χ4n) is 3.38. The minimum absolute atomic E-state index is 0.0855. The summed E-state index contributed by atoms with van der Waals surface area (Å²) in [6.07, 6.45) is 9.62. The van der Waals surface area contributed by atoms with Crippen LogP contribution in [0.3, 0.4) is 0 Å². The van der Waals surface area contributed by atoms with Crippen molar-refractivity contribution in [1.29, 1.82) is 0 Å². The van der Waals surface area contributed by atoms with E-state index in [1.165, 1.54) is 12.2 Å². The molecular formula is C32H50F2. The van der Waals surface area contributed by atoms with Crippen molar-refractivity contribution in [2.75, 3.05) is 0 Å². The zero-order valence-electron chi connectivity index (χ0n) is 23.2. The van der Waals surface area contributed by atoms with E-state index in [0.717, 1.165) is 36.8 Å². The van der Waals surface area contributed by atoms with Gasteiger partial charge in [0.15, 0.2) is 0 Å². The van der Waals surface area contributed by atoms with Gasteiger partial charge < -0.3 is 0 Å². The van der Waals surface area contributed by atoms with Gasteiger partial charge in [0.1, 0.15) is 11.7 Å². The van der Waals surface area contributed by atoms with Gasteiger partial charge in [-0.05, 0) is 95.8 Å². The lowest BCUT2D eigenvalue weighted by Gasteiger charge is -2.16. The molecule has 0 bridgehead atoms. The largest absolute Gasteiger partial charge is 0.207 e. The molecule has 0 radical (unpaired) electrons. The molecule has 0 aromatic rings. The van der Waals surface area contributed by atoms with E-state index in [1.807, 2.05) is 26.8 Å². The fraction of sp³-hybridized carbons (Fsp3) is 0.562. The molecule has 3 unspecified atom stereocenters. The van der Waals surface area contributed by atoms with Crippen LogP contribution >= 0.6 is 0 Å². The number of allylic oxidation sites excluding steroid dienone is 10. The van der Waals surface area contributed by atoms with E-state index in [9.17, 15) is 8.78 Å². The molecule has 0 aromatic carbocycles. The van der Waals surface area contributed by atoms with E-state index in [4.69, 9.17) is 0 Å². The average Bonchev–Trinajstić information content (AvgIpc) is 2.77. The van der Waals surface area contributed by atoms with Crippen LogP contribution in [0.25, 0.3) is 0 Å². The van der Waals surface area contributed by atoms with Crippen LogP contribution in [-0.2, 0) is 0 Å². The summed E-state index contributed by atoms with van der Waals surface area (Å²) in [5.74, 6) is 0.839. The minimum Gasteiger partial charge on any atom is -0.207 e. The molecule has 0 saturated carbocycles. The van der Waals surface area contributed by atoms with Crippen molar-refractivity contribution in [1.82, 2.24) is 0 Å². The summed E-state index contributed by atoms with van der Waals surface area (Å²) in [4.78, 5) is 0. The summed E-state index contributed by atoms with van der Waals surface area (Å²) in [6.45, 7) is 32.6. The first-order valence-electron chi connectivity index (χ1n) is 12.8. The zero-order valence-corrected chi connectivity index (χ0v) is 23.2. The average molecular weight is 473 g/mol. The number of hydrogen-bond donors (Lipinski definition) is 0. The van der Waals surface area contributed by atoms with E-state index in [-0.39, 0.29) is 29.4 Å². The van der Waals surface area contributed by atoms with Gasteiger partial charge in [-0.1, -0.05) is 93.7 Å². The van der Waals surface area contributed by atoms with Crippen LogP contribution in [0.5, 0.6) is 0 Å². The topological polar surface area (TPSA) is 0 Å². The summed E-state index contributed by atoms with van der Waals surface area (Å²) in [6, 6.07) is 0. The lowest BCUT2D eigenvalue weighted by Crippen LogP contribution is -2.02. The summed E-state index contributed by atoms with van der Waals surface area (Å²) in [7, 11) is 0. The SMILES string of the molecule is C=C(/C=C(/F)C(=C)C(C)CCC(C)C)/C(C)=C/CC(C)C(=C)/C(F)=C\C(=C)C(C)CCC(C)C. The van der Waals surface area contributed by atoms with Crippen LogP contribution in [-0.4, -0.2) is 0 Å². The van der Waals surface area contributed by atoms with Gasteiger partial charge in [-0.2, -0.15) is 0 Å². The molecule has 0 spiro atoms. The van der Waals surface area contributed by atoms with Crippen LogP contribution in [0.1, 0.15) is 87.5 Å². The molecule has 0 aliphatic heterocycles. The summed E-state index contributed by atoms with van der Waals surface area (Å²) in [5, 5.41) is 0. The molecule has 0 heterocycles. The first kappa shape index (κ1) is 32.0. The normalized spacial score (nSPS) is 15.9. The molecule has 0 N–H and O–H groups in total. The van der Waals surface area contributed by atoms with Crippen LogP contribution in [0.15, 0.2) is 84.1 Å². The quantitative estimate of drug-likeness (QED) is 0.196. The van der Waals surface area contributed by atoms with E-state index in [1.54, 1.807) is 0 Å². The molecule has 0 rings (SSSR count). The third-order valence-corrected chi connectivity index (χ3v) is 6.69. The van der Waals surface area contributed by atoms with Crippen LogP contribution in [0.2, 0.25) is 0 Å². The van der Waals surface area contributed by atoms with Crippen molar-refractivity contribution < 1.29 is 8.78 Å². The Kier molecular flexibility index (Phi) is 14.9. The Morgan fingerprint density at radius 1 is 0.647 bits per heavy atom. The molecule has 0 aliphatic rings. The minimum atomic E-state index is -0.314. The molecule has 34 heavy (non-hydrogen) atoms. The maximum absolute atomic E-state index is 14.8. The van der Waals surface area contributed by atoms with E-state index < -0.39 is 0 Å². The summed E-state index contributed by atoms with van der Waals surface area (Å²) in [5.41, 5.74) is 3.26. The second kappa shape index (κ2) is 15.8. The molecule has 0 aromatic heterocycles. The van der Waals surface area contributed by atoms with Gasteiger partial charge in [0.2, 0.25) is 0 Å². The van der Waals surface area contributed by atoms with Crippen LogP contribution < -0.4 is 0 Å². The first-order chi connectivity index (χ1) is 15.7. The van der Waals surface area contributed by atoms with Crippen molar-refractivity contribution in [3.63, 3.8) is 0 Å². The smallest absolute Gasteiger partial charge is 0.126 e. The van der Waals surface area contributed by atoms with Crippen molar-refractivity contribution in [3.05, 3.63) is 84.1 Å². The summed E-state index contributed by atoms with van der Waals surface area (Å²) >= 11 is 0. The fourth-order valence-corrected chi connectivity index (χ4v) is 3.38. The van der Waals surface area contributed by atoms with E-state index >= 15 is 0 Å². The Morgan fingerprint density at radius 2 is 1.09 bits per heavy atom. The molecular weight excluding hydrogens is 422 g/mol. The molecule has 3 atom stereocenters. The maximum atomic E-state index is 14.8. The molecule has 0 saturated heterocycles. The Hall–Kier alpha value is -1.96. The molecule has 2 heteroatoms. The zero-order chi connectivity index (χ0) is 26.6. The standard InChI is InChI=1S/C32H50F2/c1-21(2)13-15-23(5)27(9)19-32(34)30(12)26(8)18-17-24(6)28(10)20-31(33)29(11)25(7)16-14-22(3)4/h17,19-23,25-26H,9-16,18H2,1-8H3/b24-17+,31-20+,32-19+. The van der Waals surface area contributed by atoms with Gasteiger partial charge in [-0.15, -0.1) is 0 Å². The van der Waals surface area contributed by atoms with Crippen molar-refractivity contribution >= 4 is 0 Å². The van der Waals surface area contributed by atoms with Gasteiger partial charge in [0.25, 0.3) is 0 Å². The Labute approximate surface area is 210 Å². The van der Waals surface area contributed by atoms with Gasteiger partial charge >= 0.3 is 0 Å². The second-order valence-electron chi connectivity index (χ2n) is 10.9.